The number of hydrogen-bond donors (Lipinski definition) is 5. The molecule has 4 heterocycles. The van der Waals surface area contributed by atoms with Gasteiger partial charge in [-0.3, -0.25) is 19.8 Å². The number of morpholine rings is 1. The maximum atomic E-state index is 14.8. The van der Waals surface area contributed by atoms with E-state index in [-0.39, 0.29) is 36.6 Å². The van der Waals surface area contributed by atoms with Gasteiger partial charge in [-0.25, -0.2) is 9.78 Å². The quantitative estimate of drug-likeness (QED) is 0.0869. The summed E-state index contributed by atoms with van der Waals surface area (Å²) in [5.74, 6) is -0.702. The fourth-order valence-corrected chi connectivity index (χ4v) is 9.49. The minimum absolute atomic E-state index is 0.0226. The lowest BCUT2D eigenvalue weighted by Crippen LogP contribution is -2.60. The number of hydrogen-bond acceptors (Lipinski definition) is 14. The van der Waals surface area contributed by atoms with Crippen LogP contribution in [0.1, 0.15) is 66.7 Å². The molecule has 1 aromatic carbocycles. The lowest BCUT2D eigenvalue weighted by molar-refractivity contribution is -0.171. The van der Waals surface area contributed by atoms with E-state index in [1.165, 1.54) is 23.7 Å². The fourth-order valence-electron chi connectivity index (χ4n) is 9.23. The van der Waals surface area contributed by atoms with Gasteiger partial charge in [-0.15, -0.1) is 6.58 Å². The number of pyridine rings is 1. The molecule has 5 aliphatic rings. The van der Waals surface area contributed by atoms with Crippen LogP contribution in [0.15, 0.2) is 41.5 Å². The van der Waals surface area contributed by atoms with E-state index in [0.717, 1.165) is 25.9 Å². The predicted octanol–water partition coefficient (Wildman–Crippen LogP) is 4.66. The number of carbonyl (C=O) groups is 3. The van der Waals surface area contributed by atoms with E-state index >= 15 is 0 Å². The van der Waals surface area contributed by atoms with Crippen molar-refractivity contribution in [2.45, 2.75) is 109 Å². The molecule has 2 aliphatic heterocycles. The Morgan fingerprint density at radius 2 is 1.81 bits per heavy atom. The number of fused-ring (bicyclic) bond motifs is 2. The van der Waals surface area contributed by atoms with Crippen LogP contribution in [0.2, 0.25) is 5.02 Å². The molecule has 9 atom stereocenters. The number of amides is 2. The van der Waals surface area contributed by atoms with Crippen molar-refractivity contribution in [3.63, 3.8) is 0 Å². The first kappa shape index (κ1) is 45.1. The average molecular weight is 894 g/mol. The number of likely N-dealkylation sites (tertiary alicyclic amines) is 1. The zero-order valence-corrected chi connectivity index (χ0v) is 37.4. The third-order valence-electron chi connectivity index (χ3n) is 12.9. The first-order valence-corrected chi connectivity index (χ1v) is 22.4. The van der Waals surface area contributed by atoms with Gasteiger partial charge in [0, 0.05) is 49.5 Å². The highest BCUT2D eigenvalue weighted by Gasteiger charge is 2.61. The van der Waals surface area contributed by atoms with Crippen molar-refractivity contribution in [1.82, 2.24) is 30.4 Å². The summed E-state index contributed by atoms with van der Waals surface area (Å²) >= 11 is 7.08. The standard InChI is InChI=1S/C45H60ClN7O10/c1-7-27-21-45(27,41(56)57)51-39(54)33-19-29(22-53(33)40(55)38(44(4,5)6)50-43(58)63-28-17-25-16-26(25)18-28)62-35-20-31(32-23-61-42(49-32)47-24(2)3)48-37-30(35)8-9-34(36(37)46)60-15-12-52-10-13-59-14-11-52/h7-9,20,23-29,33,38,43,50,58H,1,10-19,21-22H2,2-6H3,(H,47,49)(H,51,54)(H,56,57)/t25-,26+,27-,28?,29?,33+,38-,43?,45-/m1/s1. The van der Waals surface area contributed by atoms with Crippen molar-refractivity contribution in [2.75, 3.05) is 51.3 Å². The van der Waals surface area contributed by atoms with E-state index in [9.17, 15) is 24.6 Å². The molecule has 0 bridgehead atoms. The van der Waals surface area contributed by atoms with Gasteiger partial charge in [0.05, 0.1) is 43.1 Å². The van der Waals surface area contributed by atoms with Crippen LogP contribution >= 0.6 is 11.6 Å². The zero-order valence-electron chi connectivity index (χ0n) is 36.6. The number of carboxylic acid groups (broad SMARTS) is 1. The predicted molar refractivity (Wildman–Crippen MR) is 233 cm³/mol. The number of ether oxygens (including phenoxy) is 4. The number of oxazole rings is 1. The number of halogens is 1. The SMILES string of the molecule is C=C[C@@H]1C[C@]1(NC(=O)[C@@H]1CC(Oc2cc(-c3coc(NC(C)C)n3)nc3c(Cl)c(OCCN4CCOCC4)ccc23)CN1C(=O)[C@@H](NC(O)OC1C[C@@H]2C[C@@H]2C1)C(C)(C)C)C(=O)O. The highest BCUT2D eigenvalue weighted by Crippen LogP contribution is 2.52. The molecule has 5 fully saturated rings. The topological polar surface area (TPSA) is 210 Å². The zero-order chi connectivity index (χ0) is 44.8. The fraction of sp³-hybridized carbons (Fsp3) is 0.622. The van der Waals surface area contributed by atoms with Gasteiger partial charge in [0.1, 0.15) is 52.8 Å². The lowest BCUT2D eigenvalue weighted by Gasteiger charge is -2.37. The van der Waals surface area contributed by atoms with Crippen molar-refractivity contribution in [1.29, 1.82) is 0 Å². The number of nitrogens with zero attached hydrogens (tertiary/aromatic N) is 4. The van der Waals surface area contributed by atoms with E-state index in [1.54, 1.807) is 12.1 Å². The van der Waals surface area contributed by atoms with Crippen LogP contribution in [0.5, 0.6) is 11.5 Å². The van der Waals surface area contributed by atoms with E-state index in [4.69, 9.17) is 39.9 Å². The molecule has 5 N–H and O–H groups in total. The number of nitrogens with one attached hydrogen (secondary N) is 3. The average Bonchev–Trinajstić information content (AvgIpc) is 3.91. The Morgan fingerprint density at radius 3 is 2.48 bits per heavy atom. The molecule has 17 nitrogen and oxygen atoms in total. The number of benzene rings is 1. The van der Waals surface area contributed by atoms with Gasteiger partial charge in [0.25, 0.3) is 6.01 Å². The van der Waals surface area contributed by atoms with Gasteiger partial charge in [-0.2, -0.15) is 4.98 Å². The summed E-state index contributed by atoms with van der Waals surface area (Å²) in [6.45, 7) is 17.3. The number of carbonyl (C=O) groups excluding carboxylic acids is 2. The van der Waals surface area contributed by atoms with Gasteiger partial charge in [-0.1, -0.05) is 38.4 Å². The number of carboxylic acids is 1. The van der Waals surface area contributed by atoms with E-state index in [0.29, 0.717) is 78.0 Å². The van der Waals surface area contributed by atoms with Crippen molar-refractivity contribution in [3.05, 3.63) is 42.1 Å². The van der Waals surface area contributed by atoms with Gasteiger partial charge in [-0.05, 0) is 68.9 Å². The minimum atomic E-state index is -1.53. The smallest absolute Gasteiger partial charge is 0.330 e. The highest BCUT2D eigenvalue weighted by atomic mass is 35.5. The molecular formula is C45H60ClN7O10. The normalized spacial score (nSPS) is 27.8. The van der Waals surface area contributed by atoms with Crippen molar-refractivity contribution in [2.24, 2.45) is 23.2 Å². The molecule has 0 spiro atoms. The number of aliphatic hydroxyl groups is 1. The Hall–Kier alpha value is -4.52. The Bertz CT molecular complexity index is 2180. The summed E-state index contributed by atoms with van der Waals surface area (Å²) in [6, 6.07) is 3.52. The van der Waals surface area contributed by atoms with Crippen LogP contribution in [0, 0.1) is 23.2 Å². The number of rotatable bonds is 18. The largest absolute Gasteiger partial charge is 0.491 e. The molecule has 0 radical (unpaired) electrons. The second-order valence-electron chi connectivity index (χ2n) is 19.0. The molecule has 3 aromatic rings. The molecule has 63 heavy (non-hydrogen) atoms. The molecule has 2 aromatic heterocycles. The van der Waals surface area contributed by atoms with Crippen LogP contribution in [0.3, 0.4) is 0 Å². The Kier molecular flexibility index (Phi) is 13.0. The Labute approximate surface area is 372 Å². The van der Waals surface area contributed by atoms with Gasteiger partial charge in [0.15, 0.2) is 0 Å². The van der Waals surface area contributed by atoms with Crippen molar-refractivity contribution >= 4 is 46.3 Å². The molecule has 3 unspecified atom stereocenters. The number of aliphatic hydroxyl groups excluding tert-OH is 1. The molecule has 8 rings (SSSR count). The first-order valence-electron chi connectivity index (χ1n) is 22.1. The Morgan fingerprint density at radius 1 is 1.06 bits per heavy atom. The summed E-state index contributed by atoms with van der Waals surface area (Å²) in [5.41, 5.74) is -1.09. The number of anilines is 1. The summed E-state index contributed by atoms with van der Waals surface area (Å²) in [7, 11) is 0. The molecule has 18 heteroatoms. The second-order valence-corrected chi connectivity index (χ2v) is 19.4. The number of aromatic nitrogens is 2. The maximum absolute atomic E-state index is 14.8. The van der Waals surface area contributed by atoms with Crippen LogP contribution in [0.25, 0.3) is 22.3 Å². The molecular weight excluding hydrogens is 834 g/mol. The molecule has 342 valence electrons. The first-order chi connectivity index (χ1) is 30.0. The maximum Gasteiger partial charge on any atom is 0.330 e. The van der Waals surface area contributed by atoms with Crippen LogP contribution in [-0.4, -0.2) is 136 Å². The van der Waals surface area contributed by atoms with Gasteiger partial charge >= 0.3 is 5.97 Å². The molecule has 3 saturated carbocycles. The number of aliphatic carboxylic acids is 1. The molecule has 2 amide bonds. The molecule has 3 aliphatic carbocycles. The van der Waals surface area contributed by atoms with Crippen LogP contribution in [-0.2, 0) is 23.9 Å². The Balaban J connectivity index is 1.09. The van der Waals surface area contributed by atoms with E-state index in [2.05, 4.69) is 32.4 Å². The minimum Gasteiger partial charge on any atom is -0.491 e. The second kappa shape index (κ2) is 18.2. The summed E-state index contributed by atoms with van der Waals surface area (Å²) in [4.78, 5) is 54.8. The summed E-state index contributed by atoms with van der Waals surface area (Å²) < 4.78 is 30.1. The lowest BCUT2D eigenvalue weighted by atomic mass is 9.85. The van der Waals surface area contributed by atoms with Crippen LogP contribution < -0.4 is 25.4 Å². The monoisotopic (exact) mass is 893 g/mol. The van der Waals surface area contributed by atoms with Crippen LogP contribution in [0.4, 0.5) is 6.01 Å². The third kappa shape index (κ3) is 9.93. The van der Waals surface area contributed by atoms with Crippen molar-refractivity contribution < 1.29 is 48.0 Å². The third-order valence-corrected chi connectivity index (χ3v) is 13.3. The summed E-state index contributed by atoms with van der Waals surface area (Å²) in [5, 5.41) is 31.1. The highest BCUT2D eigenvalue weighted by molar-refractivity contribution is 6.36. The summed E-state index contributed by atoms with van der Waals surface area (Å²) in [6.07, 6.45) is 3.83. The molecule has 2 saturated heterocycles. The van der Waals surface area contributed by atoms with Crippen molar-refractivity contribution in [3.8, 4) is 22.9 Å². The van der Waals surface area contributed by atoms with E-state index in [1.807, 2.05) is 40.7 Å². The van der Waals surface area contributed by atoms with Gasteiger partial charge < -0.3 is 49.1 Å². The van der Waals surface area contributed by atoms with E-state index < -0.39 is 59.3 Å². The van der Waals surface area contributed by atoms with Gasteiger partial charge in [0.2, 0.25) is 18.2 Å².